The summed E-state index contributed by atoms with van der Waals surface area (Å²) in [7, 11) is 0. The largest absolute Gasteiger partial charge is 0.337 e. The Morgan fingerprint density at radius 1 is 1.30 bits per heavy atom. The van der Waals surface area contributed by atoms with Gasteiger partial charge in [-0.2, -0.15) is 4.98 Å². The van der Waals surface area contributed by atoms with Crippen molar-refractivity contribution in [3.8, 4) is 11.4 Å². The smallest absolute Gasteiger partial charge is 0.244 e. The summed E-state index contributed by atoms with van der Waals surface area (Å²) in [4.78, 5) is 4.40. The molecule has 0 spiro atoms. The first-order chi connectivity index (χ1) is 9.74. The van der Waals surface area contributed by atoms with E-state index in [1.165, 1.54) is 25.0 Å². The Morgan fingerprint density at radius 2 is 2.20 bits per heavy atom. The summed E-state index contributed by atoms with van der Waals surface area (Å²) >= 11 is 5.77. The normalized spacial score (nSPS) is 19.8. The maximum Gasteiger partial charge on any atom is 0.244 e. The van der Waals surface area contributed by atoms with Crippen molar-refractivity contribution in [2.75, 3.05) is 6.54 Å². The van der Waals surface area contributed by atoms with E-state index < -0.39 is 5.82 Å². The van der Waals surface area contributed by atoms with E-state index in [0.717, 1.165) is 19.4 Å². The van der Waals surface area contributed by atoms with Crippen LogP contribution in [0.15, 0.2) is 22.7 Å². The highest BCUT2D eigenvalue weighted by atomic mass is 35.5. The molecular formula is C14H15ClFN3O. The lowest BCUT2D eigenvalue weighted by atomic mass is 10.1. The average Bonchev–Trinajstić information content (AvgIpc) is 2.78. The van der Waals surface area contributed by atoms with E-state index in [9.17, 15) is 4.39 Å². The Balaban J connectivity index is 1.83. The predicted octanol–water partition coefficient (Wildman–Crippen LogP) is 3.73. The predicted molar refractivity (Wildman–Crippen MR) is 73.9 cm³/mol. The summed E-state index contributed by atoms with van der Waals surface area (Å²) < 4.78 is 18.5. The van der Waals surface area contributed by atoms with Gasteiger partial charge in [0, 0.05) is 5.56 Å². The summed E-state index contributed by atoms with van der Waals surface area (Å²) in [5, 5.41) is 7.41. The third kappa shape index (κ3) is 2.83. The molecule has 1 unspecified atom stereocenters. The van der Waals surface area contributed by atoms with Crippen LogP contribution in [0.1, 0.15) is 37.6 Å². The van der Waals surface area contributed by atoms with Crippen molar-refractivity contribution < 1.29 is 8.91 Å². The Labute approximate surface area is 121 Å². The number of hydrogen-bond donors (Lipinski definition) is 1. The first kappa shape index (κ1) is 13.5. The van der Waals surface area contributed by atoms with Crippen molar-refractivity contribution in [3.05, 3.63) is 34.9 Å². The van der Waals surface area contributed by atoms with E-state index >= 15 is 0 Å². The van der Waals surface area contributed by atoms with Crippen LogP contribution < -0.4 is 5.32 Å². The lowest BCUT2D eigenvalue weighted by molar-refractivity contribution is 0.327. The molecule has 0 amide bonds. The van der Waals surface area contributed by atoms with E-state index in [1.54, 1.807) is 6.07 Å². The van der Waals surface area contributed by atoms with Gasteiger partial charge >= 0.3 is 0 Å². The molecule has 0 bridgehead atoms. The Kier molecular flexibility index (Phi) is 3.98. The zero-order chi connectivity index (χ0) is 13.9. The van der Waals surface area contributed by atoms with E-state index in [4.69, 9.17) is 16.1 Å². The summed E-state index contributed by atoms with van der Waals surface area (Å²) in [5.41, 5.74) is 0.653. The van der Waals surface area contributed by atoms with Gasteiger partial charge in [-0.1, -0.05) is 29.6 Å². The quantitative estimate of drug-likeness (QED) is 0.917. The molecular weight excluding hydrogens is 281 g/mol. The second-order valence-electron chi connectivity index (χ2n) is 4.94. The van der Waals surface area contributed by atoms with Crippen LogP contribution in [-0.2, 0) is 0 Å². The maximum atomic E-state index is 13.1. The lowest BCUT2D eigenvalue weighted by Crippen LogP contribution is -2.20. The van der Waals surface area contributed by atoms with Gasteiger partial charge in [0.1, 0.15) is 5.82 Å². The Morgan fingerprint density at radius 3 is 3.05 bits per heavy atom. The first-order valence-electron chi connectivity index (χ1n) is 6.76. The maximum absolute atomic E-state index is 13.1. The number of nitrogens with one attached hydrogen (secondary N) is 1. The average molecular weight is 296 g/mol. The van der Waals surface area contributed by atoms with E-state index in [-0.39, 0.29) is 11.1 Å². The van der Waals surface area contributed by atoms with Crippen molar-refractivity contribution in [2.45, 2.75) is 31.7 Å². The molecule has 0 radical (unpaired) electrons. The zero-order valence-electron chi connectivity index (χ0n) is 10.9. The highest BCUT2D eigenvalue weighted by Gasteiger charge is 2.20. The highest BCUT2D eigenvalue weighted by molar-refractivity contribution is 6.31. The van der Waals surface area contributed by atoms with Crippen LogP contribution in [0, 0.1) is 5.82 Å². The molecule has 1 N–H and O–H groups in total. The van der Waals surface area contributed by atoms with Crippen molar-refractivity contribution in [2.24, 2.45) is 0 Å². The van der Waals surface area contributed by atoms with Crippen molar-refractivity contribution >= 4 is 11.6 Å². The summed E-state index contributed by atoms with van der Waals surface area (Å²) in [6.07, 6.45) is 4.53. The van der Waals surface area contributed by atoms with Crippen molar-refractivity contribution in [1.29, 1.82) is 0 Å². The van der Waals surface area contributed by atoms with Gasteiger partial charge < -0.3 is 9.84 Å². The van der Waals surface area contributed by atoms with Gasteiger partial charge in [0.25, 0.3) is 0 Å². The molecule has 0 aliphatic carbocycles. The fourth-order valence-electron chi connectivity index (χ4n) is 2.37. The third-order valence-electron chi connectivity index (χ3n) is 3.48. The molecule has 2 heterocycles. The Bertz CT molecular complexity index is 594. The van der Waals surface area contributed by atoms with Crippen molar-refractivity contribution in [3.63, 3.8) is 0 Å². The third-order valence-corrected chi connectivity index (χ3v) is 3.77. The van der Waals surface area contributed by atoms with Gasteiger partial charge in [-0.05, 0) is 37.6 Å². The zero-order valence-corrected chi connectivity index (χ0v) is 11.7. The van der Waals surface area contributed by atoms with Crippen molar-refractivity contribution in [1.82, 2.24) is 15.5 Å². The SMILES string of the molecule is Fc1ccc(-c2noc(C3CCCCCN3)n2)cc1Cl. The number of hydrogen-bond acceptors (Lipinski definition) is 4. The topological polar surface area (TPSA) is 51.0 Å². The van der Waals surface area contributed by atoms with Crippen LogP contribution in [0.4, 0.5) is 4.39 Å². The summed E-state index contributed by atoms with van der Waals surface area (Å²) in [6.45, 7) is 0.963. The van der Waals surface area contributed by atoms with Crippen LogP contribution >= 0.6 is 11.6 Å². The van der Waals surface area contributed by atoms with E-state index in [2.05, 4.69) is 15.5 Å². The molecule has 4 nitrogen and oxygen atoms in total. The number of benzene rings is 1. The van der Waals surface area contributed by atoms with Crippen LogP contribution in [0.3, 0.4) is 0 Å². The summed E-state index contributed by atoms with van der Waals surface area (Å²) in [5.74, 6) is 0.569. The van der Waals surface area contributed by atoms with Gasteiger partial charge in [0.15, 0.2) is 0 Å². The molecule has 1 fully saturated rings. The lowest BCUT2D eigenvalue weighted by Gasteiger charge is -2.09. The monoisotopic (exact) mass is 295 g/mol. The molecule has 6 heteroatoms. The van der Waals surface area contributed by atoms with Crippen LogP contribution in [0.25, 0.3) is 11.4 Å². The first-order valence-corrected chi connectivity index (χ1v) is 7.14. The molecule has 1 atom stereocenters. The van der Waals surface area contributed by atoms with Gasteiger partial charge in [0.2, 0.25) is 11.7 Å². The molecule has 1 aliphatic rings. The number of rotatable bonds is 2. The molecule has 1 saturated heterocycles. The van der Waals surface area contributed by atoms with Gasteiger partial charge in [-0.25, -0.2) is 4.39 Å². The minimum absolute atomic E-state index is 0.0569. The molecule has 1 aromatic heterocycles. The number of halogens is 2. The van der Waals surface area contributed by atoms with Gasteiger partial charge in [-0.3, -0.25) is 0 Å². The number of nitrogens with zero attached hydrogens (tertiary/aromatic N) is 2. The minimum atomic E-state index is -0.454. The molecule has 3 rings (SSSR count). The second kappa shape index (κ2) is 5.89. The number of aromatic nitrogens is 2. The summed E-state index contributed by atoms with van der Waals surface area (Å²) in [6, 6.07) is 4.51. The highest BCUT2D eigenvalue weighted by Crippen LogP contribution is 2.26. The molecule has 1 aromatic carbocycles. The van der Waals surface area contributed by atoms with E-state index in [1.807, 2.05) is 0 Å². The fourth-order valence-corrected chi connectivity index (χ4v) is 2.55. The van der Waals surface area contributed by atoms with Crippen LogP contribution in [-0.4, -0.2) is 16.7 Å². The molecule has 1 aliphatic heterocycles. The molecule has 0 saturated carbocycles. The standard InChI is InChI=1S/C14H15ClFN3O/c15-10-8-9(5-6-11(10)16)13-18-14(20-19-13)12-4-2-1-3-7-17-12/h5-6,8,12,17H,1-4,7H2. The van der Waals surface area contributed by atoms with Gasteiger partial charge in [0.05, 0.1) is 11.1 Å². The molecule has 2 aromatic rings. The van der Waals surface area contributed by atoms with Gasteiger partial charge in [-0.15, -0.1) is 0 Å². The second-order valence-corrected chi connectivity index (χ2v) is 5.35. The van der Waals surface area contributed by atoms with Crippen LogP contribution in [0.5, 0.6) is 0 Å². The minimum Gasteiger partial charge on any atom is -0.337 e. The fraction of sp³-hybridized carbons (Fsp3) is 0.429. The Hall–Kier alpha value is -1.46. The van der Waals surface area contributed by atoms with Crippen LogP contribution in [0.2, 0.25) is 5.02 Å². The van der Waals surface area contributed by atoms with E-state index in [0.29, 0.717) is 17.3 Å². The molecule has 20 heavy (non-hydrogen) atoms. The molecule has 106 valence electrons.